The number of imidazole rings is 1. The zero-order chi connectivity index (χ0) is 14.1. The van der Waals surface area contributed by atoms with Gasteiger partial charge in [0.1, 0.15) is 5.82 Å². The van der Waals surface area contributed by atoms with Gasteiger partial charge in [-0.05, 0) is 18.6 Å². The highest BCUT2D eigenvalue weighted by Gasteiger charge is 2.12. The molecule has 3 aromatic rings. The molecule has 0 N–H and O–H groups in total. The zero-order valence-corrected chi connectivity index (χ0v) is 12.2. The molecule has 3 rings (SSSR count). The lowest BCUT2D eigenvalue weighted by atomic mass is 10.2. The Labute approximate surface area is 121 Å². The van der Waals surface area contributed by atoms with Crippen molar-refractivity contribution in [3.05, 3.63) is 41.3 Å². The van der Waals surface area contributed by atoms with Gasteiger partial charge in [-0.1, -0.05) is 17.3 Å². The Morgan fingerprint density at radius 2 is 2.10 bits per heavy atom. The second-order valence-electron chi connectivity index (χ2n) is 4.74. The smallest absolute Gasteiger partial charge is 0.223 e. The maximum Gasteiger partial charge on any atom is 0.223 e. The fourth-order valence-corrected chi connectivity index (χ4v) is 2.61. The van der Waals surface area contributed by atoms with Crippen molar-refractivity contribution in [2.24, 2.45) is 0 Å². The average Bonchev–Trinajstić information content (AvgIpc) is 3.00. The second-order valence-corrected chi connectivity index (χ2v) is 5.00. The first-order chi connectivity index (χ1) is 9.69. The minimum absolute atomic E-state index is 0.388. The molecule has 0 radical (unpaired) electrons. The molecule has 104 valence electrons. The fourth-order valence-electron chi connectivity index (χ4n) is 2.41. The van der Waals surface area contributed by atoms with Gasteiger partial charge in [0, 0.05) is 19.9 Å². The van der Waals surface area contributed by atoms with Crippen molar-refractivity contribution >= 4 is 22.6 Å². The lowest BCUT2D eigenvalue weighted by Gasteiger charge is -2.07. The molecule has 20 heavy (non-hydrogen) atoms. The maximum atomic E-state index is 6.01. The van der Waals surface area contributed by atoms with Crippen LogP contribution in [0.15, 0.2) is 22.7 Å². The first-order valence-corrected chi connectivity index (χ1v) is 7.02. The van der Waals surface area contributed by atoms with E-state index >= 15 is 0 Å². The minimum Gasteiger partial charge on any atom is -0.340 e. The Kier molecular flexibility index (Phi) is 3.44. The summed E-state index contributed by atoms with van der Waals surface area (Å²) >= 11 is 6.01. The molecule has 1 aromatic carbocycles. The van der Waals surface area contributed by atoms with Crippen LogP contribution in [0, 0.1) is 13.8 Å². The van der Waals surface area contributed by atoms with Gasteiger partial charge >= 0.3 is 0 Å². The monoisotopic (exact) mass is 290 g/mol. The zero-order valence-electron chi connectivity index (χ0n) is 11.4. The van der Waals surface area contributed by atoms with Crippen LogP contribution in [0.5, 0.6) is 0 Å². The van der Waals surface area contributed by atoms with E-state index in [0.29, 0.717) is 24.0 Å². The number of halogens is 1. The van der Waals surface area contributed by atoms with Crippen molar-refractivity contribution < 1.29 is 4.52 Å². The summed E-state index contributed by atoms with van der Waals surface area (Å²) < 4.78 is 7.13. The third-order valence-electron chi connectivity index (χ3n) is 3.30. The summed E-state index contributed by atoms with van der Waals surface area (Å²) in [6.07, 6.45) is 0.695. The van der Waals surface area contributed by atoms with E-state index in [1.165, 1.54) is 5.56 Å². The van der Waals surface area contributed by atoms with Crippen molar-refractivity contribution in [2.45, 2.75) is 32.7 Å². The molecule has 0 amide bonds. The van der Waals surface area contributed by atoms with Gasteiger partial charge in [-0.3, -0.25) is 0 Å². The fraction of sp³-hybridized carbons (Fsp3) is 0.357. The molecule has 6 heteroatoms. The summed E-state index contributed by atoms with van der Waals surface area (Å²) in [6, 6.07) is 6.10. The van der Waals surface area contributed by atoms with Crippen molar-refractivity contribution in [3.8, 4) is 0 Å². The van der Waals surface area contributed by atoms with Gasteiger partial charge in [-0.15, -0.1) is 11.6 Å². The van der Waals surface area contributed by atoms with Crippen molar-refractivity contribution in [1.29, 1.82) is 0 Å². The average molecular weight is 291 g/mol. The Bertz CT molecular complexity index is 747. The summed E-state index contributed by atoms with van der Waals surface area (Å²) in [5.41, 5.74) is 3.30. The Morgan fingerprint density at radius 1 is 1.25 bits per heavy atom. The highest BCUT2D eigenvalue weighted by molar-refractivity contribution is 6.16. The van der Waals surface area contributed by atoms with Crippen LogP contribution in [0.25, 0.3) is 11.0 Å². The van der Waals surface area contributed by atoms with Gasteiger partial charge in [0.05, 0.1) is 16.9 Å². The van der Waals surface area contributed by atoms with Crippen molar-refractivity contribution in [2.75, 3.05) is 0 Å². The molecule has 0 spiro atoms. The first-order valence-electron chi connectivity index (χ1n) is 6.49. The molecule has 0 atom stereocenters. The summed E-state index contributed by atoms with van der Waals surface area (Å²) in [4.78, 5) is 8.80. The number of aromatic nitrogens is 4. The number of benzene rings is 1. The van der Waals surface area contributed by atoms with Crippen molar-refractivity contribution in [3.63, 3.8) is 0 Å². The number of hydrogen-bond acceptors (Lipinski definition) is 4. The number of nitrogens with zero attached hydrogens (tertiary/aromatic N) is 4. The van der Waals surface area contributed by atoms with Gasteiger partial charge in [-0.2, -0.15) is 4.98 Å². The lowest BCUT2D eigenvalue weighted by molar-refractivity contribution is 0.386. The van der Waals surface area contributed by atoms with Gasteiger partial charge < -0.3 is 9.09 Å². The predicted molar refractivity (Wildman–Crippen MR) is 76.8 cm³/mol. The summed E-state index contributed by atoms with van der Waals surface area (Å²) in [5.74, 6) is 2.55. The molecular weight excluding hydrogens is 276 g/mol. The van der Waals surface area contributed by atoms with Gasteiger partial charge in [0.2, 0.25) is 5.89 Å². The van der Waals surface area contributed by atoms with Crippen LogP contribution >= 0.6 is 11.6 Å². The van der Waals surface area contributed by atoms with Crippen LogP contribution in [0.2, 0.25) is 0 Å². The molecule has 5 nitrogen and oxygen atoms in total. The first kappa shape index (κ1) is 13.1. The molecule has 2 aromatic heterocycles. The normalized spacial score (nSPS) is 11.3. The molecule has 0 bridgehead atoms. The highest BCUT2D eigenvalue weighted by atomic mass is 35.5. The molecule has 0 aliphatic carbocycles. The van der Waals surface area contributed by atoms with Gasteiger partial charge in [0.25, 0.3) is 0 Å². The Balaban J connectivity index is 1.97. The molecular formula is C14H15ClN4O. The van der Waals surface area contributed by atoms with Crippen LogP contribution in [-0.4, -0.2) is 19.7 Å². The standard InChI is InChI=1S/C14H15ClN4O/c1-9-4-3-5-11-14(9)19(13(8-15)17-11)7-6-12-16-10(2)20-18-12/h3-5H,6-8H2,1-2H3. The quantitative estimate of drug-likeness (QED) is 0.693. The van der Waals surface area contributed by atoms with Crippen LogP contribution in [0.4, 0.5) is 0 Å². The molecule has 0 fully saturated rings. The highest BCUT2D eigenvalue weighted by Crippen LogP contribution is 2.21. The molecule has 0 unspecified atom stereocenters. The Morgan fingerprint density at radius 3 is 2.80 bits per heavy atom. The van der Waals surface area contributed by atoms with E-state index in [-0.39, 0.29) is 0 Å². The minimum atomic E-state index is 0.388. The number of alkyl halides is 1. The summed E-state index contributed by atoms with van der Waals surface area (Å²) in [7, 11) is 0. The topological polar surface area (TPSA) is 56.7 Å². The predicted octanol–water partition coefficient (Wildman–Crippen LogP) is 3.02. The van der Waals surface area contributed by atoms with E-state index in [4.69, 9.17) is 16.1 Å². The van der Waals surface area contributed by atoms with E-state index in [1.54, 1.807) is 6.92 Å². The second kappa shape index (κ2) is 5.25. The van der Waals surface area contributed by atoms with E-state index in [0.717, 1.165) is 23.4 Å². The number of fused-ring (bicyclic) bond motifs is 1. The largest absolute Gasteiger partial charge is 0.340 e. The molecule has 2 heterocycles. The van der Waals surface area contributed by atoms with Gasteiger partial charge in [0.15, 0.2) is 5.82 Å². The number of aryl methyl sites for hydroxylation is 4. The van der Waals surface area contributed by atoms with Crippen LogP contribution in [0.1, 0.15) is 23.1 Å². The van der Waals surface area contributed by atoms with Gasteiger partial charge in [-0.25, -0.2) is 4.98 Å². The maximum absolute atomic E-state index is 6.01. The summed E-state index contributed by atoms with van der Waals surface area (Å²) in [6.45, 7) is 4.61. The molecule has 0 saturated carbocycles. The number of rotatable bonds is 4. The molecule has 0 aliphatic heterocycles. The van der Waals surface area contributed by atoms with E-state index < -0.39 is 0 Å². The van der Waals surface area contributed by atoms with Crippen LogP contribution in [0.3, 0.4) is 0 Å². The molecule has 0 saturated heterocycles. The molecule has 0 aliphatic rings. The van der Waals surface area contributed by atoms with E-state index in [1.807, 2.05) is 12.1 Å². The van der Waals surface area contributed by atoms with E-state index in [9.17, 15) is 0 Å². The van der Waals surface area contributed by atoms with Crippen LogP contribution < -0.4 is 0 Å². The lowest BCUT2D eigenvalue weighted by Crippen LogP contribution is -2.06. The third-order valence-corrected chi connectivity index (χ3v) is 3.53. The number of para-hydroxylation sites is 1. The van der Waals surface area contributed by atoms with Crippen molar-refractivity contribution in [1.82, 2.24) is 19.7 Å². The van der Waals surface area contributed by atoms with E-state index in [2.05, 4.69) is 32.7 Å². The third kappa shape index (κ3) is 2.29. The summed E-state index contributed by atoms with van der Waals surface area (Å²) in [5, 5.41) is 3.92. The SMILES string of the molecule is Cc1nc(CCn2c(CCl)nc3cccc(C)c32)no1. The number of hydrogen-bond donors (Lipinski definition) is 0. The Hall–Kier alpha value is -1.88. The van der Waals surface area contributed by atoms with Crippen LogP contribution in [-0.2, 0) is 18.8 Å².